The van der Waals surface area contributed by atoms with Gasteiger partial charge in [-0.05, 0) is 91.9 Å². The van der Waals surface area contributed by atoms with Crippen LogP contribution in [0.4, 0.5) is 0 Å². The van der Waals surface area contributed by atoms with Crippen LogP contribution < -0.4 is 9.46 Å². The van der Waals surface area contributed by atoms with Crippen molar-refractivity contribution in [3.63, 3.8) is 0 Å². The first-order valence-corrected chi connectivity index (χ1v) is 19.6. The van der Waals surface area contributed by atoms with E-state index in [1.165, 1.54) is 50.9 Å². The summed E-state index contributed by atoms with van der Waals surface area (Å²) in [7, 11) is 0.523. The highest BCUT2D eigenvalue weighted by molar-refractivity contribution is 7.87. The number of nitrogens with zero attached hydrogens (tertiary/aromatic N) is 4. The summed E-state index contributed by atoms with van der Waals surface area (Å²) in [5.41, 5.74) is 5.33. The molecule has 3 aliphatic heterocycles. The van der Waals surface area contributed by atoms with Gasteiger partial charge in [0.25, 0.3) is 5.91 Å². The van der Waals surface area contributed by atoms with Gasteiger partial charge in [-0.1, -0.05) is 32.3 Å². The number of rotatable bonds is 7. The monoisotopic (exact) mass is 687 g/mol. The van der Waals surface area contributed by atoms with Gasteiger partial charge in [0.1, 0.15) is 5.75 Å². The van der Waals surface area contributed by atoms with Crippen molar-refractivity contribution in [2.75, 3.05) is 47.4 Å². The standard InChI is InChI=1S/C38H49N5O5S/c1-5-41-21-26-12-9-17-42(33(26)22-41)37(45)38-20-31(38)30-19-27(48-4)14-16-28(30)35-34(24-10-7-6-8-11-24)29-15-13-25(18-32(29)43(35)23-38)36(44)39-49(46,47)40(2)3/h13-16,18-19,24,26,31,33H,5-12,17,20-23H2,1-4H3,(H,39,44). The Kier molecular flexibility index (Phi) is 8.11. The van der Waals surface area contributed by atoms with Crippen molar-refractivity contribution in [1.29, 1.82) is 0 Å². The Balaban J connectivity index is 1.30. The number of hydrogen-bond donors (Lipinski definition) is 1. The molecule has 2 saturated heterocycles. The van der Waals surface area contributed by atoms with Crippen LogP contribution >= 0.6 is 0 Å². The Hall–Kier alpha value is -3.41. The molecule has 1 N–H and O–H groups in total. The first-order chi connectivity index (χ1) is 23.6. The first-order valence-electron chi connectivity index (χ1n) is 18.2. The van der Waals surface area contributed by atoms with E-state index in [4.69, 9.17) is 4.74 Å². The van der Waals surface area contributed by atoms with Gasteiger partial charge >= 0.3 is 10.2 Å². The van der Waals surface area contributed by atoms with Gasteiger partial charge in [0.05, 0.1) is 18.2 Å². The summed E-state index contributed by atoms with van der Waals surface area (Å²) in [6, 6.07) is 12.2. The van der Waals surface area contributed by atoms with Gasteiger partial charge in [-0.3, -0.25) is 9.59 Å². The van der Waals surface area contributed by atoms with Gasteiger partial charge in [-0.25, -0.2) is 4.72 Å². The minimum atomic E-state index is -3.97. The lowest BCUT2D eigenvalue weighted by atomic mass is 9.81. The molecule has 2 aromatic carbocycles. The predicted molar refractivity (Wildman–Crippen MR) is 190 cm³/mol. The number of nitrogens with one attached hydrogen (secondary N) is 1. The zero-order chi connectivity index (χ0) is 34.2. The molecule has 11 heteroatoms. The van der Waals surface area contributed by atoms with Gasteiger partial charge in [0.2, 0.25) is 5.91 Å². The molecule has 0 spiro atoms. The topological polar surface area (TPSA) is 104 Å². The summed E-state index contributed by atoms with van der Waals surface area (Å²) in [6.45, 7) is 6.54. The summed E-state index contributed by atoms with van der Waals surface area (Å²) in [5, 5.41) is 1.09. The van der Waals surface area contributed by atoms with Crippen molar-refractivity contribution >= 4 is 32.9 Å². The number of carbonyl (C=O) groups is 2. The summed E-state index contributed by atoms with van der Waals surface area (Å²) < 4.78 is 36.6. The molecule has 262 valence electrons. The number of piperidine rings is 1. The lowest BCUT2D eigenvalue weighted by Crippen LogP contribution is -2.52. The second-order valence-electron chi connectivity index (χ2n) is 15.3. The molecule has 4 fully saturated rings. The molecule has 5 aliphatic rings. The third-order valence-electron chi connectivity index (χ3n) is 12.5. The number of carbonyl (C=O) groups excluding carboxylic acids is 2. The largest absolute Gasteiger partial charge is 0.497 e. The van der Waals surface area contributed by atoms with Gasteiger partial charge in [0.15, 0.2) is 0 Å². The third kappa shape index (κ3) is 5.30. The van der Waals surface area contributed by atoms with Crippen molar-refractivity contribution in [2.45, 2.75) is 82.7 Å². The van der Waals surface area contributed by atoms with E-state index >= 15 is 4.79 Å². The van der Waals surface area contributed by atoms with E-state index in [-0.39, 0.29) is 23.4 Å². The number of hydrogen-bond acceptors (Lipinski definition) is 6. The highest BCUT2D eigenvalue weighted by Crippen LogP contribution is 2.66. The number of likely N-dealkylation sites (N-methyl/N-ethyl adjacent to an activating group) is 1. The Morgan fingerprint density at radius 2 is 1.82 bits per heavy atom. The molecule has 49 heavy (non-hydrogen) atoms. The second-order valence-corrected chi connectivity index (χ2v) is 17.2. The predicted octanol–water partition coefficient (Wildman–Crippen LogP) is 5.33. The van der Waals surface area contributed by atoms with E-state index in [0.717, 1.165) is 84.1 Å². The average Bonchev–Trinajstić information content (AvgIpc) is 3.57. The van der Waals surface area contributed by atoms with Crippen LogP contribution in [0.1, 0.15) is 91.6 Å². The SMILES string of the molecule is CCN1CC2CCCN(C(=O)C34CC3c3cc(OC)ccc3-c3c(C5CCCCC5)c5ccc(C(=O)NS(=O)(=O)N(C)C)cc5n3C4)C2C1. The van der Waals surface area contributed by atoms with E-state index in [2.05, 4.69) is 38.1 Å². The lowest BCUT2D eigenvalue weighted by Gasteiger charge is -2.39. The number of methoxy groups -OCH3 is 1. The van der Waals surface area contributed by atoms with Gasteiger partial charge in [-0.2, -0.15) is 12.7 Å². The highest BCUT2D eigenvalue weighted by Gasteiger charge is 2.65. The van der Waals surface area contributed by atoms with Crippen molar-refractivity contribution in [2.24, 2.45) is 11.3 Å². The number of fused-ring (bicyclic) bond motifs is 8. The number of ether oxygens (including phenoxy) is 1. The fourth-order valence-corrected chi connectivity index (χ4v) is 10.3. The van der Waals surface area contributed by atoms with Crippen LogP contribution in [0.15, 0.2) is 36.4 Å². The summed E-state index contributed by atoms with van der Waals surface area (Å²) in [5.74, 6) is 1.34. The maximum absolute atomic E-state index is 15.1. The minimum absolute atomic E-state index is 0.0695. The van der Waals surface area contributed by atoms with Crippen molar-refractivity contribution in [1.82, 2.24) is 23.4 Å². The van der Waals surface area contributed by atoms with Crippen molar-refractivity contribution in [3.8, 4) is 17.0 Å². The summed E-state index contributed by atoms with van der Waals surface area (Å²) in [6.07, 6.45) is 8.75. The Morgan fingerprint density at radius 3 is 2.55 bits per heavy atom. The maximum atomic E-state index is 15.1. The van der Waals surface area contributed by atoms with E-state index in [1.54, 1.807) is 13.2 Å². The molecule has 4 atom stereocenters. The normalized spacial score (nSPS) is 26.9. The Morgan fingerprint density at radius 1 is 1.02 bits per heavy atom. The minimum Gasteiger partial charge on any atom is -0.497 e. The summed E-state index contributed by atoms with van der Waals surface area (Å²) >= 11 is 0. The molecule has 0 radical (unpaired) electrons. The number of benzene rings is 2. The van der Waals surface area contributed by atoms with Crippen LogP contribution in [0.3, 0.4) is 0 Å². The molecule has 0 bridgehead atoms. The second kappa shape index (κ2) is 12.1. The van der Waals surface area contributed by atoms with Crippen LogP contribution in [-0.2, 0) is 21.5 Å². The Bertz CT molecular complexity index is 1930. The zero-order valence-electron chi connectivity index (χ0n) is 29.2. The van der Waals surface area contributed by atoms with Crippen molar-refractivity contribution in [3.05, 3.63) is 53.1 Å². The number of likely N-dealkylation sites (tertiary alicyclic amines) is 2. The van der Waals surface area contributed by atoms with Crippen LogP contribution in [-0.4, -0.2) is 92.3 Å². The van der Waals surface area contributed by atoms with Crippen molar-refractivity contribution < 1.29 is 22.7 Å². The Labute approximate surface area is 289 Å². The number of amides is 2. The van der Waals surface area contributed by atoms with Crippen LogP contribution in [0.5, 0.6) is 5.75 Å². The highest BCUT2D eigenvalue weighted by atomic mass is 32.2. The van der Waals surface area contributed by atoms with E-state index < -0.39 is 21.5 Å². The van der Waals surface area contributed by atoms with Crippen LogP contribution in [0.25, 0.3) is 22.2 Å². The maximum Gasteiger partial charge on any atom is 0.303 e. The fourth-order valence-electron chi connectivity index (χ4n) is 9.75. The van der Waals surface area contributed by atoms with E-state index in [0.29, 0.717) is 18.4 Å². The van der Waals surface area contributed by atoms with Gasteiger partial charge in [-0.15, -0.1) is 0 Å². The molecule has 2 amide bonds. The molecule has 8 rings (SSSR count). The molecular weight excluding hydrogens is 639 g/mol. The molecule has 2 saturated carbocycles. The molecular formula is C38H49N5O5S. The van der Waals surface area contributed by atoms with Gasteiger partial charge in [0, 0.05) is 74.3 Å². The third-order valence-corrected chi connectivity index (χ3v) is 13.9. The van der Waals surface area contributed by atoms with E-state index in [1.807, 2.05) is 18.2 Å². The number of aromatic nitrogens is 1. The average molecular weight is 688 g/mol. The summed E-state index contributed by atoms with van der Waals surface area (Å²) in [4.78, 5) is 33.3. The fraction of sp³-hybridized carbons (Fsp3) is 0.579. The molecule has 2 aliphatic carbocycles. The van der Waals surface area contributed by atoms with E-state index in [9.17, 15) is 13.2 Å². The molecule has 4 heterocycles. The molecule has 3 aromatic rings. The molecule has 10 nitrogen and oxygen atoms in total. The molecule has 4 unspecified atom stereocenters. The zero-order valence-corrected chi connectivity index (χ0v) is 30.0. The van der Waals surface area contributed by atoms with Crippen LogP contribution in [0.2, 0.25) is 0 Å². The smallest absolute Gasteiger partial charge is 0.303 e. The quantitative estimate of drug-likeness (QED) is 0.360. The molecule has 1 aromatic heterocycles. The lowest BCUT2D eigenvalue weighted by molar-refractivity contribution is -0.142. The van der Waals surface area contributed by atoms with Gasteiger partial charge < -0.3 is 19.1 Å². The first kappa shape index (κ1) is 32.8. The van der Waals surface area contributed by atoms with Crippen LogP contribution in [0, 0.1) is 11.3 Å².